The van der Waals surface area contributed by atoms with Gasteiger partial charge in [-0.15, -0.1) is 23.8 Å². The molecule has 1 aromatic heterocycles. The third-order valence-electron chi connectivity index (χ3n) is 7.12. The fraction of sp³-hybridized carbons (Fsp3) is 0.0769. The molecule has 0 radical (unpaired) electrons. The van der Waals surface area contributed by atoms with E-state index in [0.29, 0.717) is 11.1 Å². The van der Waals surface area contributed by atoms with Gasteiger partial charge in [0.1, 0.15) is 7.05 Å². The lowest BCUT2D eigenvalue weighted by atomic mass is 9.93. The van der Waals surface area contributed by atoms with E-state index in [1.807, 2.05) is 12.1 Å². The largest absolute Gasteiger partial charge is 0.476 e. The molecule has 0 saturated heterocycles. The second-order valence-corrected chi connectivity index (χ2v) is 10.0. The maximum Gasteiger partial charge on any atom is 0.376 e. The molecule has 0 saturated carbocycles. The minimum absolute atomic E-state index is 0.0156. The smallest absolute Gasteiger partial charge is 0.376 e. The third kappa shape index (κ3) is 8.75. The van der Waals surface area contributed by atoms with Crippen molar-refractivity contribution in [1.82, 2.24) is 0 Å². The summed E-state index contributed by atoms with van der Waals surface area (Å²) in [5.74, 6) is -1.47. The molecule has 0 spiro atoms. The number of rotatable bonds is 11. The molecule has 0 aliphatic carbocycles. The van der Waals surface area contributed by atoms with Gasteiger partial charge in [0, 0.05) is 11.6 Å². The molecule has 3 aromatic rings. The van der Waals surface area contributed by atoms with Crippen LogP contribution in [0.4, 0.5) is 0 Å². The number of allylic oxidation sites excluding steroid dienone is 9. The van der Waals surface area contributed by atoms with Crippen LogP contribution in [0.1, 0.15) is 43.4 Å². The first kappa shape index (κ1) is 38.1. The van der Waals surface area contributed by atoms with Gasteiger partial charge >= 0.3 is 23.8 Å². The van der Waals surface area contributed by atoms with E-state index in [-0.39, 0.29) is 56.7 Å². The molecule has 252 valence electrons. The fourth-order valence-electron chi connectivity index (χ4n) is 4.58. The summed E-state index contributed by atoms with van der Waals surface area (Å²) in [6, 6.07) is 19.0. The Kier molecular flexibility index (Phi) is 13.4. The SMILES string of the molecule is [C-]#[N+]C(C#N)=C(C(C#N)=CC=Cc1oc(O)c(C=CC=CC(C#N)=C(c2ccc(C(=O)OC)cc2)[C-](C#N)[N+]#[C-])[n+]1C)c1ccc(C(=O)OC)cc1. The Bertz CT molecular complexity index is 2300. The van der Waals surface area contributed by atoms with E-state index < -0.39 is 17.9 Å². The number of hydrogen-bond acceptors (Lipinski definition) is 10. The van der Waals surface area contributed by atoms with Crippen LogP contribution in [0.3, 0.4) is 0 Å². The molecule has 1 N–H and O–H groups in total. The predicted molar refractivity (Wildman–Crippen MR) is 185 cm³/mol. The number of carbonyl (C=O) groups excluding carboxylic acids is 2. The molecule has 0 amide bonds. The first-order valence-corrected chi connectivity index (χ1v) is 14.7. The minimum Gasteiger partial charge on any atom is -0.476 e. The van der Waals surface area contributed by atoms with Crippen molar-refractivity contribution in [3.8, 4) is 30.2 Å². The Morgan fingerprint density at radius 2 is 1.42 bits per heavy atom. The number of methoxy groups -OCH3 is 2. The number of aromatic nitrogens is 1. The fourth-order valence-corrected chi connectivity index (χ4v) is 4.58. The molecular weight excluding hydrogens is 662 g/mol. The van der Waals surface area contributed by atoms with E-state index in [4.69, 9.17) is 27.0 Å². The van der Waals surface area contributed by atoms with Gasteiger partial charge in [0.15, 0.2) is 0 Å². The summed E-state index contributed by atoms with van der Waals surface area (Å²) >= 11 is 0. The van der Waals surface area contributed by atoms with Crippen molar-refractivity contribution in [2.24, 2.45) is 7.05 Å². The van der Waals surface area contributed by atoms with Crippen molar-refractivity contribution in [1.29, 1.82) is 21.0 Å². The number of esters is 2. The molecule has 0 aliphatic rings. The van der Waals surface area contributed by atoms with Gasteiger partial charge in [0.05, 0.1) is 68.3 Å². The van der Waals surface area contributed by atoms with Crippen LogP contribution in [0.5, 0.6) is 5.95 Å². The molecule has 0 bridgehead atoms. The van der Waals surface area contributed by atoms with E-state index >= 15 is 0 Å². The Morgan fingerprint density at radius 1 is 0.846 bits per heavy atom. The number of ether oxygens (including phenoxy) is 2. The van der Waals surface area contributed by atoms with Gasteiger partial charge in [-0.25, -0.2) is 35.1 Å². The van der Waals surface area contributed by atoms with Gasteiger partial charge in [-0.1, -0.05) is 48.1 Å². The topological polar surface area (TPSA) is 194 Å². The minimum atomic E-state index is -0.579. The summed E-state index contributed by atoms with van der Waals surface area (Å²) < 4.78 is 16.3. The van der Waals surface area contributed by atoms with Crippen LogP contribution in [-0.4, -0.2) is 31.3 Å². The van der Waals surface area contributed by atoms with Gasteiger partial charge in [-0.2, -0.15) is 15.4 Å². The van der Waals surface area contributed by atoms with E-state index in [9.17, 15) is 35.7 Å². The number of nitriles is 4. The maximum absolute atomic E-state index is 11.8. The maximum atomic E-state index is 11.8. The van der Waals surface area contributed by atoms with Gasteiger partial charge < -0.3 is 19.0 Å². The highest BCUT2D eigenvalue weighted by Gasteiger charge is 2.22. The summed E-state index contributed by atoms with van der Waals surface area (Å²) in [7, 11) is 4.05. The predicted octanol–water partition coefficient (Wildman–Crippen LogP) is 6.22. The quantitative estimate of drug-likeness (QED) is 0.0795. The average Bonchev–Trinajstić information content (AvgIpc) is 3.45. The second-order valence-electron chi connectivity index (χ2n) is 10.0. The first-order chi connectivity index (χ1) is 25.1. The van der Waals surface area contributed by atoms with Crippen molar-refractivity contribution in [3.05, 3.63) is 158 Å². The number of oxazole rings is 1. The molecule has 0 aliphatic heterocycles. The van der Waals surface area contributed by atoms with Gasteiger partial charge in [-0.3, -0.25) is 0 Å². The number of carbonyl (C=O) groups is 2. The van der Waals surface area contributed by atoms with Gasteiger partial charge in [0.2, 0.25) is 6.04 Å². The Balaban J connectivity index is 1.95. The van der Waals surface area contributed by atoms with Gasteiger partial charge in [-0.05, 0) is 29.8 Å². The summed E-state index contributed by atoms with van der Waals surface area (Å²) in [5.41, 5.74) is 1.10. The summed E-state index contributed by atoms with van der Waals surface area (Å²) in [5, 5.41) is 49.5. The normalized spacial score (nSPS) is 12.0. The molecule has 3 rings (SSSR count). The van der Waals surface area contributed by atoms with E-state index in [0.717, 1.165) is 0 Å². The Hall–Kier alpha value is -8.36. The van der Waals surface area contributed by atoms with Crippen LogP contribution in [0.25, 0.3) is 33.0 Å². The molecule has 13 heteroatoms. The summed E-state index contributed by atoms with van der Waals surface area (Å²) in [6.45, 7) is 14.9. The average molecular weight is 688 g/mol. The van der Waals surface area contributed by atoms with Crippen LogP contribution >= 0.6 is 0 Å². The highest BCUT2D eigenvalue weighted by atomic mass is 16.5. The monoisotopic (exact) mass is 687 g/mol. The van der Waals surface area contributed by atoms with Crippen LogP contribution in [0, 0.1) is 64.5 Å². The van der Waals surface area contributed by atoms with E-state index in [2.05, 4.69) is 9.69 Å². The molecule has 2 aromatic carbocycles. The van der Waals surface area contributed by atoms with Crippen molar-refractivity contribution >= 4 is 35.2 Å². The highest BCUT2D eigenvalue weighted by Crippen LogP contribution is 2.31. The first-order valence-electron chi connectivity index (χ1n) is 14.7. The second kappa shape index (κ2) is 18.3. The van der Waals surface area contributed by atoms with Crippen LogP contribution in [0.15, 0.2) is 100 Å². The van der Waals surface area contributed by atoms with E-state index in [1.165, 1.54) is 110 Å². The molecule has 52 heavy (non-hydrogen) atoms. The molecule has 0 atom stereocenters. The molecule has 0 fully saturated rings. The van der Waals surface area contributed by atoms with Crippen molar-refractivity contribution in [2.45, 2.75) is 0 Å². The standard InChI is InChI=1S/C39H25N7O6/c1-44-31(23-42)35(25-13-17-27(18-14-25)37(47)50-4)29(21-40)9-6-7-11-33-39(49)52-34(46(33)3)12-8-10-30(22-41)36(32(24-43)45-2)26-15-19-28(20-16-26)38(48)51-5/h6-20,49H,3-5H3. The number of aromatic hydroxyl groups is 1. The molecular formula is C39H25N7O6. The lowest BCUT2D eigenvalue weighted by Crippen LogP contribution is -2.31. The Labute approximate surface area is 299 Å². The molecule has 13 nitrogen and oxygen atoms in total. The van der Waals surface area contributed by atoms with Crippen LogP contribution in [-0.2, 0) is 16.5 Å². The summed E-state index contributed by atoms with van der Waals surface area (Å²) in [4.78, 5) is 30.2. The molecule has 0 unspecified atom stereocenters. The van der Waals surface area contributed by atoms with Crippen molar-refractivity contribution < 1.29 is 33.2 Å². The lowest BCUT2D eigenvalue weighted by molar-refractivity contribution is -0.678. The van der Waals surface area contributed by atoms with E-state index in [1.54, 1.807) is 19.2 Å². The number of hydrogen-bond donors (Lipinski definition) is 1. The number of benzene rings is 2. The zero-order valence-electron chi connectivity index (χ0n) is 27.8. The van der Waals surface area contributed by atoms with Crippen LogP contribution in [0.2, 0.25) is 0 Å². The van der Waals surface area contributed by atoms with Crippen molar-refractivity contribution in [2.75, 3.05) is 14.2 Å². The zero-order valence-corrected chi connectivity index (χ0v) is 27.8. The van der Waals surface area contributed by atoms with Gasteiger partial charge in [0.25, 0.3) is 11.4 Å². The third-order valence-corrected chi connectivity index (χ3v) is 7.12. The highest BCUT2D eigenvalue weighted by molar-refractivity contribution is 5.93. The molecule has 1 heterocycles. The van der Waals surface area contributed by atoms with Crippen molar-refractivity contribution in [3.63, 3.8) is 0 Å². The van der Waals surface area contributed by atoms with Crippen LogP contribution < -0.4 is 4.57 Å². The number of nitrogens with zero attached hydrogens (tertiary/aromatic N) is 7. The Morgan fingerprint density at radius 3 is 1.90 bits per heavy atom. The zero-order chi connectivity index (χ0) is 38.2. The lowest BCUT2D eigenvalue weighted by Gasteiger charge is -2.20. The summed E-state index contributed by atoms with van der Waals surface area (Å²) in [6.07, 6.45) is 10.0.